The van der Waals surface area contributed by atoms with Gasteiger partial charge in [-0.1, -0.05) is 6.92 Å². The highest BCUT2D eigenvalue weighted by atomic mass is 79.9. The molecule has 1 fully saturated rings. The fraction of sp³-hybridized carbons (Fsp3) is 0.692. The molecule has 0 radical (unpaired) electrons. The summed E-state index contributed by atoms with van der Waals surface area (Å²) >= 11 is 3.53. The molecule has 1 aliphatic rings. The van der Waals surface area contributed by atoms with Crippen LogP contribution in [0.4, 0.5) is 0 Å². The molecule has 1 unspecified atom stereocenters. The number of piperidine rings is 1. The second kappa shape index (κ2) is 6.57. The second-order valence-electron chi connectivity index (χ2n) is 4.66. The lowest BCUT2D eigenvalue weighted by atomic mass is 10.1. The van der Waals surface area contributed by atoms with Crippen molar-refractivity contribution in [3.63, 3.8) is 0 Å². The second-order valence-corrected chi connectivity index (χ2v) is 5.52. The molecule has 0 amide bonds. The van der Waals surface area contributed by atoms with Crippen LogP contribution in [0.3, 0.4) is 0 Å². The maximum Gasteiger partial charge on any atom is 0.131 e. The average Bonchev–Trinajstić information content (AvgIpc) is 2.76. The Balaban J connectivity index is 1.98. The summed E-state index contributed by atoms with van der Waals surface area (Å²) in [6.45, 7) is 6.56. The predicted molar refractivity (Wildman–Crippen MR) is 73.0 cm³/mol. The van der Waals surface area contributed by atoms with Crippen LogP contribution in [-0.2, 0) is 6.54 Å². The molecule has 1 N–H and O–H groups in total. The number of furan rings is 1. The Hall–Kier alpha value is -0.320. The summed E-state index contributed by atoms with van der Waals surface area (Å²) in [7, 11) is 0. The summed E-state index contributed by atoms with van der Waals surface area (Å²) in [4.78, 5) is 2.54. The first kappa shape index (κ1) is 13.1. The predicted octanol–water partition coefficient (Wildman–Crippen LogP) is 3.01. The van der Waals surface area contributed by atoms with Gasteiger partial charge in [0.05, 0.1) is 17.3 Å². The van der Waals surface area contributed by atoms with E-state index >= 15 is 0 Å². The third-order valence-electron chi connectivity index (χ3n) is 3.34. The fourth-order valence-electron chi connectivity index (χ4n) is 2.45. The molecule has 96 valence electrons. The summed E-state index contributed by atoms with van der Waals surface area (Å²) in [6.07, 6.45) is 5.52. The number of nitrogens with one attached hydrogen (secondary N) is 1. The monoisotopic (exact) mass is 300 g/mol. The maximum absolute atomic E-state index is 5.52. The number of nitrogens with zero attached hydrogens (tertiary/aromatic N) is 1. The third-order valence-corrected chi connectivity index (χ3v) is 4.04. The minimum Gasteiger partial charge on any atom is -0.467 e. The van der Waals surface area contributed by atoms with Gasteiger partial charge < -0.3 is 9.73 Å². The summed E-state index contributed by atoms with van der Waals surface area (Å²) < 4.78 is 6.61. The minimum atomic E-state index is 0.653. The minimum absolute atomic E-state index is 0.653. The van der Waals surface area contributed by atoms with Crippen molar-refractivity contribution in [2.75, 3.05) is 19.6 Å². The van der Waals surface area contributed by atoms with Crippen LogP contribution in [0.1, 0.15) is 31.9 Å². The van der Waals surface area contributed by atoms with Gasteiger partial charge in [-0.3, -0.25) is 4.90 Å². The highest BCUT2D eigenvalue weighted by Crippen LogP contribution is 2.22. The average molecular weight is 301 g/mol. The SMILES string of the molecule is CCCN(Cc1occc1Br)C1CCCNC1. The van der Waals surface area contributed by atoms with Gasteiger partial charge in [0.1, 0.15) is 5.76 Å². The first-order chi connectivity index (χ1) is 8.31. The van der Waals surface area contributed by atoms with Gasteiger partial charge >= 0.3 is 0 Å². The van der Waals surface area contributed by atoms with Gasteiger partial charge in [-0.15, -0.1) is 0 Å². The first-order valence-corrected chi connectivity index (χ1v) is 7.27. The number of hydrogen-bond acceptors (Lipinski definition) is 3. The van der Waals surface area contributed by atoms with E-state index in [1.165, 1.54) is 25.8 Å². The van der Waals surface area contributed by atoms with E-state index in [-0.39, 0.29) is 0 Å². The third kappa shape index (κ3) is 3.57. The topological polar surface area (TPSA) is 28.4 Å². The van der Waals surface area contributed by atoms with E-state index in [4.69, 9.17) is 4.42 Å². The van der Waals surface area contributed by atoms with Crippen LogP contribution in [0.25, 0.3) is 0 Å². The van der Waals surface area contributed by atoms with Crippen LogP contribution in [0.2, 0.25) is 0 Å². The van der Waals surface area contributed by atoms with Gasteiger partial charge in [-0.2, -0.15) is 0 Å². The fourth-order valence-corrected chi connectivity index (χ4v) is 2.77. The van der Waals surface area contributed by atoms with Crippen LogP contribution in [0, 0.1) is 0 Å². The van der Waals surface area contributed by atoms with Crippen LogP contribution >= 0.6 is 15.9 Å². The molecule has 3 nitrogen and oxygen atoms in total. The molecular weight excluding hydrogens is 280 g/mol. The van der Waals surface area contributed by atoms with E-state index in [9.17, 15) is 0 Å². The Morgan fingerprint density at radius 1 is 1.59 bits per heavy atom. The summed E-state index contributed by atoms with van der Waals surface area (Å²) in [5.41, 5.74) is 0. The zero-order chi connectivity index (χ0) is 12.1. The molecule has 0 aliphatic carbocycles. The molecule has 0 bridgehead atoms. The van der Waals surface area contributed by atoms with E-state index in [1.54, 1.807) is 6.26 Å². The van der Waals surface area contributed by atoms with E-state index in [0.29, 0.717) is 6.04 Å². The summed E-state index contributed by atoms with van der Waals surface area (Å²) in [5, 5.41) is 3.48. The Morgan fingerprint density at radius 3 is 3.06 bits per heavy atom. The zero-order valence-electron chi connectivity index (χ0n) is 10.4. The molecule has 0 spiro atoms. The summed E-state index contributed by atoms with van der Waals surface area (Å²) in [5.74, 6) is 1.05. The zero-order valence-corrected chi connectivity index (χ0v) is 12.0. The van der Waals surface area contributed by atoms with Crippen molar-refractivity contribution in [1.82, 2.24) is 10.2 Å². The Bertz CT molecular complexity index is 334. The van der Waals surface area contributed by atoms with Crippen LogP contribution in [-0.4, -0.2) is 30.6 Å². The molecule has 1 saturated heterocycles. The molecule has 2 rings (SSSR count). The summed E-state index contributed by atoms with van der Waals surface area (Å²) in [6, 6.07) is 2.62. The first-order valence-electron chi connectivity index (χ1n) is 6.48. The number of rotatable bonds is 5. The maximum atomic E-state index is 5.52. The Labute approximate surface area is 112 Å². The smallest absolute Gasteiger partial charge is 0.131 e. The van der Waals surface area contributed by atoms with Gasteiger partial charge in [-0.25, -0.2) is 0 Å². The normalized spacial score (nSPS) is 21.0. The number of hydrogen-bond donors (Lipinski definition) is 1. The molecule has 0 saturated carbocycles. The van der Waals surface area contributed by atoms with E-state index < -0.39 is 0 Å². The molecular formula is C13H21BrN2O. The van der Waals surface area contributed by atoms with Crippen molar-refractivity contribution >= 4 is 15.9 Å². The lowest BCUT2D eigenvalue weighted by Gasteiger charge is -2.34. The molecule has 1 aromatic heterocycles. The van der Waals surface area contributed by atoms with Crippen molar-refractivity contribution < 1.29 is 4.42 Å². The van der Waals surface area contributed by atoms with Gasteiger partial charge in [0.2, 0.25) is 0 Å². The van der Waals surface area contributed by atoms with Crippen molar-refractivity contribution in [2.45, 2.75) is 38.8 Å². The standard InChI is InChI=1S/C13H21BrN2O/c1-2-7-16(11-4-3-6-15-9-11)10-13-12(14)5-8-17-13/h5,8,11,15H,2-4,6-7,9-10H2,1H3. The van der Waals surface area contributed by atoms with E-state index in [1.807, 2.05) is 6.07 Å². The van der Waals surface area contributed by atoms with Crippen LogP contribution < -0.4 is 5.32 Å². The van der Waals surface area contributed by atoms with Gasteiger partial charge in [0.15, 0.2) is 0 Å². The highest BCUT2D eigenvalue weighted by molar-refractivity contribution is 9.10. The molecule has 2 heterocycles. The quantitative estimate of drug-likeness (QED) is 0.906. The lowest BCUT2D eigenvalue weighted by molar-refractivity contribution is 0.147. The van der Waals surface area contributed by atoms with E-state index in [0.717, 1.165) is 29.9 Å². The molecule has 1 atom stereocenters. The largest absolute Gasteiger partial charge is 0.467 e. The molecule has 4 heteroatoms. The van der Waals surface area contributed by atoms with Crippen molar-refractivity contribution in [1.29, 1.82) is 0 Å². The number of halogens is 1. The van der Waals surface area contributed by atoms with Gasteiger partial charge in [-0.05, 0) is 54.3 Å². The lowest BCUT2D eigenvalue weighted by Crippen LogP contribution is -2.45. The highest BCUT2D eigenvalue weighted by Gasteiger charge is 2.21. The van der Waals surface area contributed by atoms with Crippen molar-refractivity contribution in [3.05, 3.63) is 22.6 Å². The molecule has 1 aliphatic heterocycles. The van der Waals surface area contributed by atoms with Crippen LogP contribution in [0.5, 0.6) is 0 Å². The van der Waals surface area contributed by atoms with Gasteiger partial charge in [0, 0.05) is 12.6 Å². The Kier molecular flexibility index (Phi) is 5.07. The molecule has 1 aromatic rings. The molecule has 0 aromatic carbocycles. The molecule has 17 heavy (non-hydrogen) atoms. The van der Waals surface area contributed by atoms with E-state index in [2.05, 4.69) is 33.1 Å². The van der Waals surface area contributed by atoms with Crippen LogP contribution in [0.15, 0.2) is 21.2 Å². The Morgan fingerprint density at radius 2 is 2.47 bits per heavy atom. The van der Waals surface area contributed by atoms with Crippen molar-refractivity contribution in [3.8, 4) is 0 Å². The van der Waals surface area contributed by atoms with Gasteiger partial charge in [0.25, 0.3) is 0 Å². The van der Waals surface area contributed by atoms with Crippen molar-refractivity contribution in [2.24, 2.45) is 0 Å².